The van der Waals surface area contributed by atoms with Crippen molar-refractivity contribution in [2.45, 2.75) is 70.8 Å². The number of hydrogen-bond donors (Lipinski definition) is 1. The van der Waals surface area contributed by atoms with E-state index < -0.39 is 12.1 Å². The van der Waals surface area contributed by atoms with E-state index in [1.54, 1.807) is 35.0 Å². The molecule has 1 aromatic carbocycles. The molecule has 0 spiro atoms. The van der Waals surface area contributed by atoms with Gasteiger partial charge in [0.25, 0.3) is 0 Å². The van der Waals surface area contributed by atoms with Crippen LogP contribution < -0.4 is 4.74 Å². The minimum atomic E-state index is -0.800. The van der Waals surface area contributed by atoms with E-state index in [0.29, 0.717) is 24.2 Å². The number of methoxy groups -OCH3 is 1. The average Bonchev–Trinajstić information content (AvgIpc) is 3.34. The van der Waals surface area contributed by atoms with Gasteiger partial charge in [-0.1, -0.05) is 69.2 Å². The highest BCUT2D eigenvalue weighted by Crippen LogP contribution is 2.25. The Morgan fingerprint density at radius 3 is 2.58 bits per heavy atom. The molecule has 2 heterocycles. The van der Waals surface area contributed by atoms with Crippen molar-refractivity contribution in [3.8, 4) is 5.75 Å². The molecule has 3 rings (SSSR count). The summed E-state index contributed by atoms with van der Waals surface area (Å²) < 4.78 is 12.5. The van der Waals surface area contributed by atoms with Crippen molar-refractivity contribution in [3.63, 3.8) is 0 Å². The lowest BCUT2D eigenvalue weighted by atomic mass is 10.0. The number of hydrogen-bond acceptors (Lipinski definition) is 6. The van der Waals surface area contributed by atoms with Crippen LogP contribution in [0.15, 0.2) is 42.6 Å². The number of aliphatic hydroxyl groups is 1. The Kier molecular flexibility index (Phi) is 9.69. The third-order valence-electron chi connectivity index (χ3n) is 5.85. The first-order chi connectivity index (χ1) is 16.1. The Hall–Kier alpha value is -2.93. The van der Waals surface area contributed by atoms with Crippen molar-refractivity contribution >= 4 is 11.5 Å². The van der Waals surface area contributed by atoms with Crippen LogP contribution in [0, 0.1) is 0 Å². The fourth-order valence-corrected chi connectivity index (χ4v) is 3.94. The molecule has 3 aromatic rings. The van der Waals surface area contributed by atoms with Crippen LogP contribution in [-0.2, 0) is 11.2 Å². The highest BCUT2D eigenvalue weighted by molar-refractivity contribution is 5.89. The van der Waals surface area contributed by atoms with Gasteiger partial charge in [-0.05, 0) is 36.2 Å². The Morgan fingerprint density at radius 2 is 1.82 bits per heavy atom. The normalized spacial score (nSPS) is 12.1. The molecule has 178 valence electrons. The summed E-state index contributed by atoms with van der Waals surface area (Å²) in [6.07, 6.45) is 11.3. The number of unbranched alkanes of at least 4 members (excludes halogenated alkanes) is 7. The number of fused-ring (bicyclic) bond motifs is 1. The molecule has 7 heteroatoms. The number of benzene rings is 1. The van der Waals surface area contributed by atoms with Crippen LogP contribution in [0.5, 0.6) is 5.75 Å². The van der Waals surface area contributed by atoms with Crippen LogP contribution in [0.1, 0.15) is 86.0 Å². The van der Waals surface area contributed by atoms with Crippen molar-refractivity contribution in [2.24, 2.45) is 0 Å². The van der Waals surface area contributed by atoms with Gasteiger partial charge in [-0.3, -0.25) is 0 Å². The first-order valence-electron chi connectivity index (χ1n) is 12.0. The smallest absolute Gasteiger partial charge is 0.337 e. The van der Waals surface area contributed by atoms with Crippen LogP contribution in [0.4, 0.5) is 0 Å². The number of aliphatic hydroxyl groups excluding tert-OH is 1. The topological polar surface area (TPSA) is 86.0 Å². The van der Waals surface area contributed by atoms with E-state index in [4.69, 9.17) is 9.47 Å². The summed E-state index contributed by atoms with van der Waals surface area (Å²) in [4.78, 5) is 11.8. The van der Waals surface area contributed by atoms with E-state index in [-0.39, 0.29) is 0 Å². The van der Waals surface area contributed by atoms with Crippen molar-refractivity contribution in [1.29, 1.82) is 0 Å². The standard InChI is InChI=1S/C26H35N3O4/c1-3-4-5-6-7-8-9-10-16-33-25-15-14-22(29-23(25)19-27-28-29)18-24(30)20-12-11-13-21(17-20)26(31)32-2/h11-15,17,19,24,30H,3-10,16,18H2,1-2H3. The lowest BCUT2D eigenvalue weighted by Crippen LogP contribution is -2.09. The van der Waals surface area contributed by atoms with Crippen molar-refractivity contribution < 1.29 is 19.4 Å². The molecule has 0 aliphatic heterocycles. The van der Waals surface area contributed by atoms with Crippen LogP contribution >= 0.6 is 0 Å². The number of carbonyl (C=O) groups is 1. The predicted molar refractivity (Wildman–Crippen MR) is 128 cm³/mol. The number of carbonyl (C=O) groups excluding carboxylic acids is 1. The minimum Gasteiger partial charge on any atom is -0.491 e. The number of pyridine rings is 1. The van der Waals surface area contributed by atoms with Crippen LogP contribution in [0.25, 0.3) is 5.52 Å². The van der Waals surface area contributed by atoms with Gasteiger partial charge < -0.3 is 14.6 Å². The van der Waals surface area contributed by atoms with Crippen molar-refractivity contribution in [2.75, 3.05) is 13.7 Å². The zero-order valence-electron chi connectivity index (χ0n) is 19.7. The molecule has 1 N–H and O–H groups in total. The number of ether oxygens (including phenoxy) is 2. The molecule has 1 unspecified atom stereocenters. The molecule has 1 atom stereocenters. The molecule has 7 nitrogen and oxygen atoms in total. The first-order valence-corrected chi connectivity index (χ1v) is 12.0. The SMILES string of the molecule is CCCCCCCCCCOc1ccc(CC(O)c2cccc(C(=O)OC)c2)n2nncc12. The van der Waals surface area contributed by atoms with Gasteiger partial charge in [-0.2, -0.15) is 0 Å². The quantitative estimate of drug-likeness (QED) is 0.263. The van der Waals surface area contributed by atoms with Gasteiger partial charge in [-0.15, -0.1) is 5.10 Å². The van der Waals surface area contributed by atoms with Gasteiger partial charge >= 0.3 is 5.97 Å². The van der Waals surface area contributed by atoms with Gasteiger partial charge in [-0.25, -0.2) is 9.31 Å². The fraction of sp³-hybridized carbons (Fsp3) is 0.500. The van der Waals surface area contributed by atoms with Crippen LogP contribution in [0.2, 0.25) is 0 Å². The molecule has 33 heavy (non-hydrogen) atoms. The Balaban J connectivity index is 1.55. The predicted octanol–water partition coefficient (Wildman–Crippen LogP) is 5.31. The minimum absolute atomic E-state index is 0.322. The molecule has 0 fully saturated rings. The zero-order chi connectivity index (χ0) is 23.5. The van der Waals surface area contributed by atoms with E-state index in [1.165, 1.54) is 52.1 Å². The summed E-state index contributed by atoms with van der Waals surface area (Å²) in [6.45, 7) is 2.91. The Morgan fingerprint density at radius 1 is 1.06 bits per heavy atom. The molecule has 0 bridgehead atoms. The van der Waals surface area contributed by atoms with E-state index in [2.05, 4.69) is 17.2 Å². The number of esters is 1. The summed E-state index contributed by atoms with van der Waals surface area (Å²) in [5, 5.41) is 19.0. The summed E-state index contributed by atoms with van der Waals surface area (Å²) >= 11 is 0. The largest absolute Gasteiger partial charge is 0.491 e. The van der Waals surface area contributed by atoms with Crippen LogP contribution in [-0.4, -0.2) is 39.6 Å². The van der Waals surface area contributed by atoms with Crippen molar-refractivity contribution in [3.05, 3.63) is 59.4 Å². The second kappa shape index (κ2) is 12.9. The molecule has 0 radical (unpaired) electrons. The number of nitrogens with zero attached hydrogens (tertiary/aromatic N) is 3. The van der Waals surface area contributed by atoms with E-state index in [9.17, 15) is 9.90 Å². The van der Waals surface area contributed by atoms with Crippen molar-refractivity contribution in [1.82, 2.24) is 14.8 Å². The molecular weight excluding hydrogens is 418 g/mol. The van der Waals surface area contributed by atoms with E-state index in [1.807, 2.05) is 12.1 Å². The third-order valence-corrected chi connectivity index (χ3v) is 5.85. The highest BCUT2D eigenvalue weighted by atomic mass is 16.5. The maximum Gasteiger partial charge on any atom is 0.337 e. The summed E-state index contributed by atoms with van der Waals surface area (Å²) in [7, 11) is 1.34. The first kappa shape index (κ1) is 24.7. The second-order valence-corrected chi connectivity index (χ2v) is 8.38. The second-order valence-electron chi connectivity index (χ2n) is 8.38. The lowest BCUT2D eigenvalue weighted by molar-refractivity contribution is 0.0600. The molecule has 0 saturated heterocycles. The zero-order valence-corrected chi connectivity index (χ0v) is 19.7. The van der Waals surface area contributed by atoms with Gasteiger partial charge in [0, 0.05) is 12.1 Å². The molecular formula is C26H35N3O4. The van der Waals surface area contributed by atoms with Gasteiger partial charge in [0.05, 0.1) is 31.6 Å². The van der Waals surface area contributed by atoms with E-state index in [0.717, 1.165) is 23.4 Å². The molecule has 0 amide bonds. The monoisotopic (exact) mass is 453 g/mol. The van der Waals surface area contributed by atoms with Gasteiger partial charge in [0.15, 0.2) is 0 Å². The maximum absolute atomic E-state index is 11.8. The number of aromatic nitrogens is 3. The van der Waals surface area contributed by atoms with Gasteiger partial charge in [0.2, 0.25) is 0 Å². The third kappa shape index (κ3) is 7.02. The Labute approximate surface area is 195 Å². The highest BCUT2D eigenvalue weighted by Gasteiger charge is 2.16. The summed E-state index contributed by atoms with van der Waals surface area (Å²) in [5.74, 6) is 0.314. The number of rotatable bonds is 14. The molecule has 0 saturated carbocycles. The lowest BCUT2D eigenvalue weighted by Gasteiger charge is -2.14. The molecule has 0 aliphatic carbocycles. The maximum atomic E-state index is 11.8. The summed E-state index contributed by atoms with van der Waals surface area (Å²) in [5.41, 5.74) is 2.63. The van der Waals surface area contributed by atoms with Crippen LogP contribution in [0.3, 0.4) is 0 Å². The van der Waals surface area contributed by atoms with Gasteiger partial charge in [0.1, 0.15) is 11.3 Å². The summed E-state index contributed by atoms with van der Waals surface area (Å²) in [6, 6.07) is 10.6. The fourth-order valence-electron chi connectivity index (χ4n) is 3.94. The Bertz CT molecular complexity index is 1020. The average molecular weight is 454 g/mol. The molecule has 2 aromatic heterocycles. The van der Waals surface area contributed by atoms with E-state index >= 15 is 0 Å². The molecule has 0 aliphatic rings.